The largest absolute Gasteiger partial charge is 0.387 e. The van der Waals surface area contributed by atoms with Gasteiger partial charge in [0, 0.05) is 6.26 Å². The number of nitrogens with two attached hydrogens (primary N) is 1. The maximum atomic E-state index is 10.8. The topological polar surface area (TPSA) is 90.9 Å². The predicted molar refractivity (Wildman–Crippen MR) is 55.6 cm³/mol. The Kier molecular flexibility index (Phi) is 3.17. The van der Waals surface area contributed by atoms with E-state index in [2.05, 4.69) is 22.3 Å². The van der Waals surface area contributed by atoms with Gasteiger partial charge in [0.2, 0.25) is 5.82 Å². The van der Waals surface area contributed by atoms with Gasteiger partial charge in [-0.1, -0.05) is 12.2 Å². The first kappa shape index (κ1) is 11.1. The molecule has 1 heterocycles. The predicted octanol–water partition coefficient (Wildman–Crippen LogP) is -1.04. The van der Waals surface area contributed by atoms with Crippen molar-refractivity contribution in [3.8, 4) is 0 Å². The highest BCUT2D eigenvalue weighted by molar-refractivity contribution is 7.90. The molecule has 0 unspecified atom stereocenters. The van der Waals surface area contributed by atoms with E-state index in [0.717, 1.165) is 0 Å². The molecule has 1 rings (SSSR count). The summed E-state index contributed by atoms with van der Waals surface area (Å²) in [5, 5.41) is 3.89. The molecule has 0 aliphatic rings. The monoisotopic (exact) mass is 234 g/mol. The quantitative estimate of drug-likeness (QED) is 0.669. The van der Waals surface area contributed by atoms with Gasteiger partial charge in [0.15, 0.2) is 0 Å². The maximum absolute atomic E-state index is 10.8. The molecule has 78 valence electrons. The van der Waals surface area contributed by atoms with Crippen LogP contribution < -0.4 is 5.73 Å². The number of aromatic nitrogens is 3. The van der Waals surface area contributed by atoms with Crippen LogP contribution in [0.1, 0.15) is 5.82 Å². The Morgan fingerprint density at radius 1 is 1.71 bits per heavy atom. The fraction of sp³-hybridized carbons (Fsp3) is 0.500. The van der Waals surface area contributed by atoms with Gasteiger partial charge in [-0.05, 0) is 0 Å². The van der Waals surface area contributed by atoms with E-state index in [9.17, 15) is 8.42 Å². The molecule has 14 heavy (non-hydrogen) atoms. The molecule has 6 nitrogen and oxygen atoms in total. The molecule has 0 aliphatic carbocycles. The first-order valence-corrected chi connectivity index (χ1v) is 6.22. The van der Waals surface area contributed by atoms with Gasteiger partial charge >= 0.3 is 0 Å². The van der Waals surface area contributed by atoms with E-state index in [4.69, 9.17) is 5.73 Å². The van der Waals surface area contributed by atoms with Crippen LogP contribution in [0.25, 0.3) is 0 Å². The standard InChI is InChI=1S/C6H10N4O2S2/c1-14(11,12)3-2-10-4-8-6(9-10)5(7)13/h4H,2-3H2,1H3,(H2,7,13). The van der Waals surface area contributed by atoms with E-state index in [-0.39, 0.29) is 23.1 Å². The lowest BCUT2D eigenvalue weighted by Gasteiger charge is -1.97. The van der Waals surface area contributed by atoms with Crippen molar-refractivity contribution in [1.82, 2.24) is 14.8 Å². The summed E-state index contributed by atoms with van der Waals surface area (Å²) in [5.74, 6) is 0.279. The van der Waals surface area contributed by atoms with Gasteiger partial charge < -0.3 is 5.73 Å². The lowest BCUT2D eigenvalue weighted by Crippen LogP contribution is -2.14. The van der Waals surface area contributed by atoms with Crippen LogP contribution in [-0.4, -0.2) is 40.2 Å². The maximum Gasteiger partial charge on any atom is 0.208 e. The van der Waals surface area contributed by atoms with E-state index in [1.54, 1.807) is 0 Å². The molecule has 0 atom stereocenters. The number of rotatable bonds is 4. The van der Waals surface area contributed by atoms with Crippen molar-refractivity contribution in [1.29, 1.82) is 0 Å². The van der Waals surface area contributed by atoms with E-state index in [1.807, 2.05) is 0 Å². The van der Waals surface area contributed by atoms with Gasteiger partial charge in [-0.3, -0.25) is 4.68 Å². The first-order valence-electron chi connectivity index (χ1n) is 3.75. The van der Waals surface area contributed by atoms with Crippen LogP contribution in [0.4, 0.5) is 0 Å². The van der Waals surface area contributed by atoms with Crippen molar-refractivity contribution in [2.24, 2.45) is 5.73 Å². The van der Waals surface area contributed by atoms with Crippen LogP contribution in [0.15, 0.2) is 6.33 Å². The lowest BCUT2D eigenvalue weighted by atomic mass is 10.6. The van der Waals surface area contributed by atoms with E-state index < -0.39 is 9.84 Å². The molecule has 1 aromatic rings. The SMILES string of the molecule is CS(=O)(=O)CCn1cnc(C(N)=S)n1. The number of thiocarbonyl (C=S) groups is 1. The zero-order valence-electron chi connectivity index (χ0n) is 7.54. The fourth-order valence-corrected chi connectivity index (χ4v) is 1.39. The van der Waals surface area contributed by atoms with Crippen LogP contribution in [0.5, 0.6) is 0 Å². The van der Waals surface area contributed by atoms with Gasteiger partial charge in [0.05, 0.1) is 12.3 Å². The molecule has 0 fully saturated rings. The molecule has 0 aromatic carbocycles. The zero-order valence-corrected chi connectivity index (χ0v) is 9.18. The van der Waals surface area contributed by atoms with Crippen molar-refractivity contribution in [2.45, 2.75) is 6.54 Å². The van der Waals surface area contributed by atoms with Crippen molar-refractivity contribution < 1.29 is 8.42 Å². The first-order chi connectivity index (χ1) is 6.38. The van der Waals surface area contributed by atoms with Gasteiger partial charge in [-0.15, -0.1) is 5.10 Å². The average molecular weight is 234 g/mol. The van der Waals surface area contributed by atoms with Crippen LogP contribution >= 0.6 is 12.2 Å². The number of nitrogens with zero attached hydrogens (tertiary/aromatic N) is 3. The summed E-state index contributed by atoms with van der Waals surface area (Å²) >= 11 is 4.65. The summed E-state index contributed by atoms with van der Waals surface area (Å²) in [6.45, 7) is 0.258. The number of hydrogen-bond acceptors (Lipinski definition) is 5. The van der Waals surface area contributed by atoms with Gasteiger partial charge in [0.1, 0.15) is 21.2 Å². The normalized spacial score (nSPS) is 11.5. The van der Waals surface area contributed by atoms with Crippen LogP contribution in [0, 0.1) is 0 Å². The summed E-state index contributed by atoms with van der Waals surface area (Å²) < 4.78 is 23.1. The Balaban J connectivity index is 2.65. The van der Waals surface area contributed by atoms with Gasteiger partial charge in [0.25, 0.3) is 0 Å². The molecular formula is C6H10N4O2S2. The summed E-state index contributed by atoms with van der Waals surface area (Å²) in [6.07, 6.45) is 2.57. The molecular weight excluding hydrogens is 224 g/mol. The molecule has 0 saturated heterocycles. The highest BCUT2D eigenvalue weighted by Crippen LogP contribution is 1.92. The third kappa shape index (κ3) is 3.38. The summed E-state index contributed by atoms with van der Waals surface area (Å²) in [4.78, 5) is 3.91. The molecule has 0 amide bonds. The molecule has 1 aromatic heterocycles. The smallest absolute Gasteiger partial charge is 0.208 e. The molecule has 0 saturated carbocycles. The fourth-order valence-electron chi connectivity index (χ4n) is 0.775. The molecule has 2 N–H and O–H groups in total. The molecule has 0 bridgehead atoms. The van der Waals surface area contributed by atoms with Gasteiger partial charge in [-0.2, -0.15) is 0 Å². The third-order valence-electron chi connectivity index (χ3n) is 1.45. The summed E-state index contributed by atoms with van der Waals surface area (Å²) in [7, 11) is -2.99. The minimum Gasteiger partial charge on any atom is -0.387 e. The molecule has 8 heteroatoms. The Morgan fingerprint density at radius 2 is 2.36 bits per heavy atom. The van der Waals surface area contributed by atoms with E-state index in [0.29, 0.717) is 0 Å². The van der Waals surface area contributed by atoms with Crippen molar-refractivity contribution >= 4 is 27.0 Å². The lowest BCUT2D eigenvalue weighted by molar-refractivity contribution is 0.585. The van der Waals surface area contributed by atoms with Crippen LogP contribution in [-0.2, 0) is 16.4 Å². The molecule has 0 aliphatic heterocycles. The number of hydrogen-bond donors (Lipinski definition) is 1. The van der Waals surface area contributed by atoms with E-state index >= 15 is 0 Å². The van der Waals surface area contributed by atoms with Crippen molar-refractivity contribution in [2.75, 3.05) is 12.0 Å². The minimum absolute atomic E-state index is 0.0210. The Labute approximate surface area is 87.0 Å². The highest BCUT2D eigenvalue weighted by Gasteiger charge is 2.06. The molecule has 0 spiro atoms. The second-order valence-electron chi connectivity index (χ2n) is 2.83. The van der Waals surface area contributed by atoms with Crippen LogP contribution in [0.2, 0.25) is 0 Å². The Bertz CT molecular complexity index is 436. The Hall–Kier alpha value is -1.02. The van der Waals surface area contributed by atoms with E-state index in [1.165, 1.54) is 17.3 Å². The molecule has 0 radical (unpaired) electrons. The second-order valence-corrected chi connectivity index (χ2v) is 5.52. The third-order valence-corrected chi connectivity index (χ3v) is 2.55. The highest BCUT2D eigenvalue weighted by atomic mass is 32.2. The van der Waals surface area contributed by atoms with Crippen molar-refractivity contribution in [3.05, 3.63) is 12.2 Å². The average Bonchev–Trinajstić information content (AvgIpc) is 2.47. The number of aryl methyl sites for hydroxylation is 1. The van der Waals surface area contributed by atoms with Gasteiger partial charge in [-0.25, -0.2) is 13.4 Å². The second kappa shape index (κ2) is 4.01. The van der Waals surface area contributed by atoms with Crippen molar-refractivity contribution in [3.63, 3.8) is 0 Å². The Morgan fingerprint density at radius 3 is 2.79 bits per heavy atom. The van der Waals surface area contributed by atoms with Crippen LogP contribution in [0.3, 0.4) is 0 Å². The number of sulfone groups is 1. The summed E-state index contributed by atoms with van der Waals surface area (Å²) in [5.41, 5.74) is 5.28. The minimum atomic E-state index is -2.99. The zero-order chi connectivity index (χ0) is 10.8. The summed E-state index contributed by atoms with van der Waals surface area (Å²) in [6, 6.07) is 0.